The molecule has 0 heterocycles. The maximum atomic E-state index is 13.2. The minimum Gasteiger partial charge on any atom is -0.490 e. The molecule has 0 aliphatic heterocycles. The fourth-order valence-corrected chi connectivity index (χ4v) is 5.69. The van der Waals surface area contributed by atoms with Gasteiger partial charge in [-0.05, 0) is 95.6 Å². The van der Waals surface area contributed by atoms with Gasteiger partial charge in [0.2, 0.25) is 12.1 Å². The number of hydrogen-bond donors (Lipinski definition) is 2. The maximum absolute atomic E-state index is 13.2. The van der Waals surface area contributed by atoms with Crippen LogP contribution in [0.5, 0.6) is 23.0 Å². The number of benzene rings is 4. The Balaban J connectivity index is 1.49. The maximum Gasteiger partial charge on any atom is 0.258 e. The van der Waals surface area contributed by atoms with Crippen LogP contribution in [0, 0.1) is 0 Å². The average Bonchev–Trinajstić information content (AvgIpc) is 3.15. The summed E-state index contributed by atoms with van der Waals surface area (Å²) in [5.41, 5.74) is 2.32. The Bertz CT molecular complexity index is 2130. The van der Waals surface area contributed by atoms with Gasteiger partial charge >= 0.3 is 0 Å². The van der Waals surface area contributed by atoms with Gasteiger partial charge in [0.15, 0.2) is 34.6 Å². The van der Waals surface area contributed by atoms with E-state index in [1.165, 1.54) is 19.9 Å². The summed E-state index contributed by atoms with van der Waals surface area (Å²) >= 11 is 13.2. The van der Waals surface area contributed by atoms with Crippen molar-refractivity contribution >= 4 is 69.3 Å². The van der Waals surface area contributed by atoms with E-state index in [0.29, 0.717) is 71.9 Å². The Kier molecular flexibility index (Phi) is 15.9. The number of halogens is 2. The van der Waals surface area contributed by atoms with Crippen molar-refractivity contribution in [2.75, 3.05) is 37.1 Å². The van der Waals surface area contributed by atoms with E-state index in [2.05, 4.69) is 31.1 Å². The molecule has 14 nitrogen and oxygen atoms in total. The molecule has 294 valence electrons. The number of rotatable bonds is 19. The highest BCUT2D eigenvalue weighted by Gasteiger charge is 2.27. The first-order valence-electron chi connectivity index (χ1n) is 17.7. The van der Waals surface area contributed by atoms with Gasteiger partial charge < -0.3 is 29.6 Å². The van der Waals surface area contributed by atoms with E-state index < -0.39 is 35.5 Å². The summed E-state index contributed by atoms with van der Waals surface area (Å²) < 4.78 is 22.6. The quantitative estimate of drug-likeness (QED) is 0.0695. The van der Waals surface area contributed by atoms with Crippen LogP contribution in [0.1, 0.15) is 41.5 Å². The van der Waals surface area contributed by atoms with Crippen molar-refractivity contribution < 1.29 is 38.1 Å². The summed E-state index contributed by atoms with van der Waals surface area (Å²) in [6.45, 7) is 11.1. The number of para-hydroxylation sites is 2. The zero-order valence-electron chi connectivity index (χ0n) is 31.7. The molecule has 4 aromatic carbocycles. The zero-order valence-corrected chi connectivity index (χ0v) is 33.2. The van der Waals surface area contributed by atoms with Crippen molar-refractivity contribution in [1.82, 2.24) is 0 Å². The second-order valence-corrected chi connectivity index (χ2v) is 12.6. The minimum absolute atomic E-state index is 0.173. The predicted molar refractivity (Wildman–Crippen MR) is 215 cm³/mol. The predicted octanol–water partition coefficient (Wildman–Crippen LogP) is 9.62. The number of nitrogens with one attached hydrogen (secondary N) is 2. The third-order valence-corrected chi connectivity index (χ3v) is 8.31. The Morgan fingerprint density at radius 3 is 1.55 bits per heavy atom. The summed E-state index contributed by atoms with van der Waals surface area (Å²) in [6.07, 6.45) is 0. The molecule has 0 saturated heterocycles. The lowest BCUT2D eigenvalue weighted by Gasteiger charge is -2.16. The number of carbonyl (C=O) groups is 4. The van der Waals surface area contributed by atoms with Crippen molar-refractivity contribution in [3.05, 3.63) is 82.8 Å². The van der Waals surface area contributed by atoms with Crippen LogP contribution in [0.4, 0.5) is 22.7 Å². The molecule has 16 heteroatoms. The van der Waals surface area contributed by atoms with Crippen LogP contribution in [0.15, 0.2) is 93.3 Å². The van der Waals surface area contributed by atoms with Gasteiger partial charge in [0, 0.05) is 5.56 Å². The summed E-state index contributed by atoms with van der Waals surface area (Å²) in [4.78, 5) is 51.3. The molecule has 0 aliphatic carbocycles. The lowest BCUT2D eigenvalue weighted by molar-refractivity contribution is -0.127. The van der Waals surface area contributed by atoms with Crippen LogP contribution >= 0.6 is 23.2 Å². The van der Waals surface area contributed by atoms with Crippen LogP contribution < -0.4 is 29.6 Å². The molecular weight excluding hydrogens is 763 g/mol. The Hall–Kier alpha value is -5.86. The van der Waals surface area contributed by atoms with Crippen molar-refractivity contribution in [3.8, 4) is 34.1 Å². The van der Waals surface area contributed by atoms with E-state index in [4.69, 9.17) is 42.1 Å². The number of hydrogen-bond acceptors (Lipinski definition) is 12. The summed E-state index contributed by atoms with van der Waals surface area (Å²) in [7, 11) is 0. The van der Waals surface area contributed by atoms with E-state index in [-0.39, 0.29) is 21.4 Å². The van der Waals surface area contributed by atoms with E-state index in [1.54, 1.807) is 80.6 Å². The summed E-state index contributed by atoms with van der Waals surface area (Å²) in [6, 6.07) is 16.8. The third kappa shape index (κ3) is 11.1. The molecule has 0 fully saturated rings. The second-order valence-electron chi connectivity index (χ2n) is 11.8. The lowest BCUT2D eigenvalue weighted by atomic mass is 10.0. The highest BCUT2D eigenvalue weighted by Crippen LogP contribution is 2.38. The fourth-order valence-electron chi connectivity index (χ4n) is 5.19. The molecule has 0 spiro atoms. The van der Waals surface area contributed by atoms with Crippen LogP contribution in [-0.2, 0) is 19.2 Å². The van der Waals surface area contributed by atoms with E-state index in [9.17, 15) is 19.2 Å². The molecule has 0 bridgehead atoms. The Morgan fingerprint density at radius 1 is 0.607 bits per heavy atom. The molecule has 0 radical (unpaired) electrons. The van der Waals surface area contributed by atoms with Gasteiger partial charge in [-0.1, -0.05) is 47.5 Å². The second kappa shape index (κ2) is 20.7. The van der Waals surface area contributed by atoms with Crippen molar-refractivity contribution in [1.29, 1.82) is 0 Å². The van der Waals surface area contributed by atoms with Gasteiger partial charge in [-0.15, -0.1) is 0 Å². The van der Waals surface area contributed by atoms with Gasteiger partial charge in [0.1, 0.15) is 5.69 Å². The number of azo groups is 2. The lowest BCUT2D eigenvalue weighted by Crippen LogP contribution is -2.32. The first-order chi connectivity index (χ1) is 26.9. The molecule has 0 aliphatic rings. The van der Waals surface area contributed by atoms with E-state index >= 15 is 0 Å². The molecule has 2 amide bonds. The molecule has 0 saturated carbocycles. The van der Waals surface area contributed by atoms with Gasteiger partial charge in [-0.2, -0.15) is 20.5 Å². The third-order valence-electron chi connectivity index (χ3n) is 7.70. The largest absolute Gasteiger partial charge is 0.490 e. The smallest absolute Gasteiger partial charge is 0.258 e. The number of Topliss-reactive ketones (excluding diaryl/α,β-unsaturated/α-hetero) is 2. The van der Waals surface area contributed by atoms with Gasteiger partial charge in [-0.3, -0.25) is 19.2 Å². The van der Waals surface area contributed by atoms with Gasteiger partial charge in [0.25, 0.3) is 11.8 Å². The molecule has 56 heavy (non-hydrogen) atoms. The number of ether oxygens (including phenoxy) is 4. The number of anilines is 2. The number of nitrogens with zero attached hydrogens (tertiary/aromatic N) is 4. The first kappa shape index (κ1) is 42.9. The summed E-state index contributed by atoms with van der Waals surface area (Å²) in [5, 5.41) is 22.1. The standard InChI is InChI=1S/C40H42Cl2N6O8/c1-7-53-33-15-11-13-31(37(33)55-9-3)43-39(51)35(23(5)49)47-45-26-18-19-27(28(41)22-26)25-17-20-30(29(42)21-25)46-48-36(24(6)50)40(52)44-32-14-12-16-34(54-8-2)38(32)56-10-4/h11-22,35-36H,7-10H2,1-6H3,(H,43,51)(H,44,52). The fraction of sp³-hybridized carbons (Fsp3) is 0.300. The summed E-state index contributed by atoms with van der Waals surface area (Å²) in [5.74, 6) is -0.935. The SMILES string of the molecule is CCOc1cccc(NC(=O)C(N=Nc2ccc(-c3ccc(N=NC(C(C)=O)C(=O)Nc4cccc(OCC)c4OCC)c(Cl)c3)c(Cl)c2)C(C)=O)c1OCC. The highest BCUT2D eigenvalue weighted by atomic mass is 35.5. The molecule has 4 rings (SSSR count). The highest BCUT2D eigenvalue weighted by molar-refractivity contribution is 6.34. The molecule has 2 atom stereocenters. The molecular formula is C40H42Cl2N6O8. The number of ketones is 2. The molecule has 2 N–H and O–H groups in total. The van der Waals surface area contributed by atoms with E-state index in [0.717, 1.165) is 0 Å². The molecule has 2 unspecified atom stereocenters. The first-order valence-corrected chi connectivity index (χ1v) is 18.5. The van der Waals surface area contributed by atoms with Crippen LogP contribution in [0.3, 0.4) is 0 Å². The van der Waals surface area contributed by atoms with Crippen molar-refractivity contribution in [3.63, 3.8) is 0 Å². The van der Waals surface area contributed by atoms with E-state index in [1.807, 2.05) is 13.8 Å². The minimum atomic E-state index is -1.47. The zero-order chi connectivity index (χ0) is 40.8. The average molecular weight is 806 g/mol. The van der Waals surface area contributed by atoms with Crippen molar-refractivity contribution in [2.45, 2.75) is 53.6 Å². The van der Waals surface area contributed by atoms with Crippen LogP contribution in [-0.4, -0.2) is 61.9 Å². The van der Waals surface area contributed by atoms with Crippen molar-refractivity contribution in [2.24, 2.45) is 20.5 Å². The molecule has 0 aromatic heterocycles. The topological polar surface area (TPSA) is 179 Å². The van der Waals surface area contributed by atoms with Gasteiger partial charge in [0.05, 0.1) is 53.5 Å². The Morgan fingerprint density at radius 2 is 1.11 bits per heavy atom. The monoisotopic (exact) mass is 804 g/mol. The van der Waals surface area contributed by atoms with Gasteiger partial charge in [-0.25, -0.2) is 0 Å². The number of amides is 2. The van der Waals surface area contributed by atoms with Crippen LogP contribution in [0.2, 0.25) is 10.0 Å². The molecule has 4 aromatic rings. The van der Waals surface area contributed by atoms with Crippen LogP contribution in [0.25, 0.3) is 11.1 Å². The number of carbonyl (C=O) groups excluding carboxylic acids is 4. The Labute approximate surface area is 334 Å². The normalized spacial score (nSPS) is 12.2.